The molecule has 0 amide bonds. The Bertz CT molecular complexity index is 92.2. The second-order valence-corrected chi connectivity index (χ2v) is 4.29. The van der Waals surface area contributed by atoms with E-state index >= 15 is 0 Å². The van der Waals surface area contributed by atoms with Crippen LogP contribution in [0.5, 0.6) is 0 Å². The summed E-state index contributed by atoms with van der Waals surface area (Å²) in [5.41, 5.74) is 0.249. The average molecular weight is 158 g/mol. The molecule has 2 heteroatoms. The molecule has 0 saturated carbocycles. The van der Waals surface area contributed by atoms with Crippen molar-refractivity contribution in [2.24, 2.45) is 0 Å². The normalized spacial score (nSPS) is 12.5. The Labute approximate surface area is 70.8 Å². The van der Waals surface area contributed by atoms with E-state index in [2.05, 4.69) is 45.3 Å². The van der Waals surface area contributed by atoms with E-state index in [1.54, 1.807) is 0 Å². The Balaban J connectivity index is 3.15. The third-order valence-corrected chi connectivity index (χ3v) is 1.33. The van der Waals surface area contributed by atoms with Gasteiger partial charge in [-0.15, -0.1) is 0 Å². The Morgan fingerprint density at radius 3 is 2.00 bits per heavy atom. The zero-order valence-electron chi connectivity index (χ0n) is 8.49. The van der Waals surface area contributed by atoms with Crippen molar-refractivity contribution in [2.75, 3.05) is 13.1 Å². The average Bonchev–Trinajstić information content (AvgIpc) is 1.78. The standard InChI is InChI=1S/C9H22N2/c1-8(2)10-6-7-11-9(3,4)5/h8,10-11H,6-7H2,1-5H3. The first kappa shape index (κ1) is 10.9. The fourth-order valence-corrected chi connectivity index (χ4v) is 0.798. The van der Waals surface area contributed by atoms with Crippen LogP contribution < -0.4 is 10.6 Å². The maximum Gasteiger partial charge on any atom is 0.00970 e. The van der Waals surface area contributed by atoms with Crippen molar-refractivity contribution in [1.82, 2.24) is 10.6 Å². The van der Waals surface area contributed by atoms with Gasteiger partial charge in [0.15, 0.2) is 0 Å². The summed E-state index contributed by atoms with van der Waals surface area (Å²) < 4.78 is 0. The molecule has 0 bridgehead atoms. The molecule has 0 aliphatic carbocycles. The molecule has 0 spiro atoms. The summed E-state index contributed by atoms with van der Waals surface area (Å²) in [6, 6.07) is 0.594. The molecular formula is C9H22N2. The summed E-state index contributed by atoms with van der Waals surface area (Å²) in [6.07, 6.45) is 0. The van der Waals surface area contributed by atoms with Crippen molar-refractivity contribution in [3.05, 3.63) is 0 Å². The first-order chi connectivity index (χ1) is 4.92. The van der Waals surface area contributed by atoms with E-state index in [-0.39, 0.29) is 5.54 Å². The number of hydrogen-bond acceptors (Lipinski definition) is 2. The Morgan fingerprint density at radius 1 is 1.09 bits per heavy atom. The van der Waals surface area contributed by atoms with Crippen LogP contribution in [-0.4, -0.2) is 24.7 Å². The number of hydrogen-bond donors (Lipinski definition) is 2. The molecular weight excluding hydrogens is 136 g/mol. The highest BCUT2D eigenvalue weighted by Gasteiger charge is 2.06. The highest BCUT2D eigenvalue weighted by atomic mass is 15.0. The first-order valence-electron chi connectivity index (χ1n) is 4.40. The molecule has 0 atom stereocenters. The molecule has 0 fully saturated rings. The SMILES string of the molecule is CC(C)NCCNC(C)(C)C. The van der Waals surface area contributed by atoms with Crippen LogP contribution in [0.25, 0.3) is 0 Å². The van der Waals surface area contributed by atoms with Crippen LogP contribution in [-0.2, 0) is 0 Å². The lowest BCUT2D eigenvalue weighted by Gasteiger charge is -2.21. The second-order valence-electron chi connectivity index (χ2n) is 4.29. The maximum atomic E-state index is 3.41. The lowest BCUT2D eigenvalue weighted by atomic mass is 10.1. The van der Waals surface area contributed by atoms with E-state index in [1.807, 2.05) is 0 Å². The third kappa shape index (κ3) is 9.92. The van der Waals surface area contributed by atoms with Gasteiger partial charge in [-0.3, -0.25) is 0 Å². The minimum Gasteiger partial charge on any atom is -0.313 e. The second kappa shape index (κ2) is 4.73. The Kier molecular flexibility index (Phi) is 4.69. The molecule has 2 N–H and O–H groups in total. The van der Waals surface area contributed by atoms with E-state index < -0.39 is 0 Å². The fraction of sp³-hybridized carbons (Fsp3) is 1.00. The van der Waals surface area contributed by atoms with Gasteiger partial charge in [0.2, 0.25) is 0 Å². The molecule has 0 aliphatic rings. The lowest BCUT2D eigenvalue weighted by molar-refractivity contribution is 0.415. The van der Waals surface area contributed by atoms with Crippen LogP contribution in [0.2, 0.25) is 0 Å². The van der Waals surface area contributed by atoms with Gasteiger partial charge < -0.3 is 10.6 Å². The molecule has 0 saturated heterocycles. The van der Waals surface area contributed by atoms with E-state index in [1.165, 1.54) is 0 Å². The van der Waals surface area contributed by atoms with Gasteiger partial charge >= 0.3 is 0 Å². The van der Waals surface area contributed by atoms with E-state index in [4.69, 9.17) is 0 Å². The zero-order valence-corrected chi connectivity index (χ0v) is 8.49. The lowest BCUT2D eigenvalue weighted by Crippen LogP contribution is -2.41. The van der Waals surface area contributed by atoms with Crippen LogP contribution in [0, 0.1) is 0 Å². The van der Waals surface area contributed by atoms with Gasteiger partial charge in [0.05, 0.1) is 0 Å². The van der Waals surface area contributed by atoms with E-state index in [9.17, 15) is 0 Å². The summed E-state index contributed by atoms with van der Waals surface area (Å²) in [5, 5.41) is 6.77. The summed E-state index contributed by atoms with van der Waals surface area (Å²) in [7, 11) is 0. The van der Waals surface area contributed by atoms with Gasteiger partial charge in [-0.2, -0.15) is 0 Å². The summed E-state index contributed by atoms with van der Waals surface area (Å²) in [6.45, 7) is 13.0. The summed E-state index contributed by atoms with van der Waals surface area (Å²) >= 11 is 0. The van der Waals surface area contributed by atoms with Crippen LogP contribution in [0.4, 0.5) is 0 Å². The first-order valence-corrected chi connectivity index (χ1v) is 4.40. The minimum atomic E-state index is 0.249. The quantitative estimate of drug-likeness (QED) is 0.604. The predicted octanol–water partition coefficient (Wildman–Crippen LogP) is 1.37. The molecule has 0 rings (SSSR count). The molecule has 0 heterocycles. The van der Waals surface area contributed by atoms with Gasteiger partial charge in [-0.1, -0.05) is 13.8 Å². The molecule has 0 aromatic carbocycles. The molecule has 0 aromatic heterocycles. The van der Waals surface area contributed by atoms with Crippen molar-refractivity contribution in [2.45, 2.75) is 46.2 Å². The van der Waals surface area contributed by atoms with Crippen LogP contribution in [0.1, 0.15) is 34.6 Å². The van der Waals surface area contributed by atoms with Crippen LogP contribution >= 0.6 is 0 Å². The number of nitrogens with one attached hydrogen (secondary N) is 2. The van der Waals surface area contributed by atoms with Crippen molar-refractivity contribution >= 4 is 0 Å². The largest absolute Gasteiger partial charge is 0.313 e. The minimum absolute atomic E-state index is 0.249. The number of rotatable bonds is 4. The molecule has 0 unspecified atom stereocenters. The van der Waals surface area contributed by atoms with E-state index in [0.29, 0.717) is 6.04 Å². The highest BCUT2D eigenvalue weighted by molar-refractivity contribution is 4.70. The topological polar surface area (TPSA) is 24.1 Å². The Hall–Kier alpha value is -0.0800. The van der Waals surface area contributed by atoms with Gasteiger partial charge in [0, 0.05) is 24.7 Å². The molecule has 68 valence electrons. The summed E-state index contributed by atoms with van der Waals surface area (Å²) in [5.74, 6) is 0. The zero-order chi connectivity index (χ0) is 8.91. The predicted molar refractivity (Wildman–Crippen MR) is 50.9 cm³/mol. The van der Waals surface area contributed by atoms with Gasteiger partial charge in [0.1, 0.15) is 0 Å². The van der Waals surface area contributed by atoms with Crippen LogP contribution in [0.3, 0.4) is 0 Å². The van der Waals surface area contributed by atoms with Gasteiger partial charge in [0.25, 0.3) is 0 Å². The maximum absolute atomic E-state index is 3.41. The monoisotopic (exact) mass is 158 g/mol. The molecule has 0 aromatic rings. The molecule has 11 heavy (non-hydrogen) atoms. The summed E-state index contributed by atoms with van der Waals surface area (Å²) in [4.78, 5) is 0. The molecule has 0 aliphatic heterocycles. The van der Waals surface area contributed by atoms with Crippen molar-refractivity contribution in [3.63, 3.8) is 0 Å². The van der Waals surface area contributed by atoms with E-state index in [0.717, 1.165) is 13.1 Å². The van der Waals surface area contributed by atoms with Gasteiger partial charge in [-0.25, -0.2) is 0 Å². The fourth-order valence-electron chi connectivity index (χ4n) is 0.798. The third-order valence-electron chi connectivity index (χ3n) is 1.33. The molecule has 2 nitrogen and oxygen atoms in total. The van der Waals surface area contributed by atoms with Crippen molar-refractivity contribution < 1.29 is 0 Å². The van der Waals surface area contributed by atoms with Crippen molar-refractivity contribution in [3.8, 4) is 0 Å². The van der Waals surface area contributed by atoms with Gasteiger partial charge in [-0.05, 0) is 20.8 Å². The smallest absolute Gasteiger partial charge is 0.00970 e. The Morgan fingerprint density at radius 2 is 1.64 bits per heavy atom. The highest BCUT2D eigenvalue weighted by Crippen LogP contribution is 1.96. The molecule has 0 radical (unpaired) electrons. The van der Waals surface area contributed by atoms with Crippen molar-refractivity contribution in [1.29, 1.82) is 0 Å². The van der Waals surface area contributed by atoms with Crippen LogP contribution in [0.15, 0.2) is 0 Å².